The number of carbonyl (C=O) groups is 2. The minimum atomic E-state index is -1.48. The molecular formula is C53H62N2O10. The number of hydrogen-bond donors (Lipinski definition) is 2. The van der Waals surface area contributed by atoms with Crippen molar-refractivity contribution in [3.8, 4) is 17.2 Å². The Morgan fingerprint density at radius 3 is 2.54 bits per heavy atom. The molecule has 12 heteroatoms. The molecule has 4 aromatic carbocycles. The maximum atomic E-state index is 14.8. The van der Waals surface area contributed by atoms with E-state index in [1.807, 2.05) is 48.5 Å². The first-order valence-electron chi connectivity index (χ1n) is 23.4. The number of amides is 1. The van der Waals surface area contributed by atoms with Crippen LogP contribution in [-0.4, -0.2) is 84.4 Å². The monoisotopic (exact) mass is 886 g/mol. The van der Waals surface area contributed by atoms with Crippen molar-refractivity contribution < 1.29 is 48.3 Å². The highest BCUT2D eigenvalue weighted by molar-refractivity contribution is 6.03. The molecule has 1 amide bonds. The lowest BCUT2D eigenvalue weighted by Gasteiger charge is -2.60. The molecule has 344 valence electrons. The Morgan fingerprint density at radius 2 is 1.75 bits per heavy atom. The summed E-state index contributed by atoms with van der Waals surface area (Å²) in [5.41, 5.74) is 3.94. The fourth-order valence-electron chi connectivity index (χ4n) is 10.5. The first-order chi connectivity index (χ1) is 31.9. The van der Waals surface area contributed by atoms with Crippen molar-refractivity contribution >= 4 is 28.9 Å². The van der Waals surface area contributed by atoms with Crippen molar-refractivity contribution in [2.24, 2.45) is 22.9 Å². The third kappa shape index (κ3) is 10.0. The maximum absolute atomic E-state index is 14.8. The Morgan fingerprint density at radius 1 is 0.954 bits per heavy atom. The molecule has 1 saturated carbocycles. The number of benzene rings is 4. The van der Waals surface area contributed by atoms with Gasteiger partial charge in [-0.2, -0.15) is 0 Å². The van der Waals surface area contributed by atoms with Crippen LogP contribution in [0.25, 0.3) is 10.8 Å². The number of fused-ring (bicyclic) bond motifs is 3. The summed E-state index contributed by atoms with van der Waals surface area (Å²) in [5, 5.41) is 27.1. The summed E-state index contributed by atoms with van der Waals surface area (Å²) in [6, 6.07) is 26.3. The predicted molar refractivity (Wildman–Crippen MR) is 248 cm³/mol. The van der Waals surface area contributed by atoms with Gasteiger partial charge >= 0.3 is 6.09 Å². The Kier molecular flexibility index (Phi) is 15.3. The summed E-state index contributed by atoms with van der Waals surface area (Å²) < 4.78 is 33.1. The number of ether oxygens (including phenoxy) is 5. The van der Waals surface area contributed by atoms with E-state index in [0.29, 0.717) is 54.4 Å². The minimum absolute atomic E-state index is 0.00805. The van der Waals surface area contributed by atoms with Gasteiger partial charge in [-0.25, -0.2) is 4.79 Å². The lowest BCUT2D eigenvalue weighted by atomic mass is 9.55. The van der Waals surface area contributed by atoms with Crippen molar-refractivity contribution in [1.29, 1.82) is 0 Å². The molecule has 0 bridgehead atoms. The van der Waals surface area contributed by atoms with E-state index in [0.717, 1.165) is 72.3 Å². The van der Waals surface area contributed by atoms with Crippen molar-refractivity contribution in [2.75, 3.05) is 33.0 Å². The van der Waals surface area contributed by atoms with Gasteiger partial charge in [-0.05, 0) is 110 Å². The van der Waals surface area contributed by atoms with Crippen molar-refractivity contribution in [1.82, 2.24) is 4.90 Å². The third-order valence-electron chi connectivity index (χ3n) is 13.4. The van der Waals surface area contributed by atoms with E-state index in [2.05, 4.69) is 30.9 Å². The SMILES string of the molecule is C=CCOC12Oc3ccc(Oc4cccc(C=O)c4)cc3C3C(CCCCO)C(CCCCO)C=C(C(=NOC4CCCCO4)CC1N(Cc1cccc4ccccc14)C(=O)OCC)C32. The molecule has 12 nitrogen and oxygen atoms in total. The second kappa shape index (κ2) is 21.6. The first-order valence-corrected chi connectivity index (χ1v) is 23.4. The van der Waals surface area contributed by atoms with Crippen LogP contribution in [0.5, 0.6) is 17.2 Å². The highest BCUT2D eigenvalue weighted by Crippen LogP contribution is 2.62. The van der Waals surface area contributed by atoms with Gasteiger partial charge in [-0.3, -0.25) is 9.69 Å². The van der Waals surface area contributed by atoms with Crippen LogP contribution in [0, 0.1) is 17.8 Å². The van der Waals surface area contributed by atoms with Gasteiger partial charge < -0.3 is 38.7 Å². The molecule has 7 atom stereocenters. The van der Waals surface area contributed by atoms with Gasteiger partial charge in [0.2, 0.25) is 12.1 Å². The maximum Gasteiger partial charge on any atom is 0.410 e. The number of aliphatic hydroxyl groups excluding tert-OH is 2. The average Bonchev–Trinajstić information content (AvgIpc) is 3.33. The van der Waals surface area contributed by atoms with E-state index < -0.39 is 30.1 Å². The first kappa shape index (κ1) is 46.0. The number of nitrogens with zero attached hydrogens (tertiary/aromatic N) is 2. The van der Waals surface area contributed by atoms with Crippen LogP contribution in [0.3, 0.4) is 0 Å². The number of hydrogen-bond acceptors (Lipinski definition) is 11. The number of aldehydes is 1. The van der Waals surface area contributed by atoms with E-state index in [4.69, 9.17) is 33.7 Å². The van der Waals surface area contributed by atoms with Crippen LogP contribution in [-0.2, 0) is 25.6 Å². The van der Waals surface area contributed by atoms with E-state index in [9.17, 15) is 19.8 Å². The van der Waals surface area contributed by atoms with Crippen molar-refractivity contribution in [3.63, 3.8) is 0 Å². The Labute approximate surface area is 381 Å². The lowest BCUT2D eigenvalue weighted by Crippen LogP contribution is -2.70. The zero-order valence-corrected chi connectivity index (χ0v) is 37.4. The molecule has 2 aliphatic carbocycles. The van der Waals surface area contributed by atoms with Crippen LogP contribution in [0.15, 0.2) is 114 Å². The predicted octanol–water partition coefficient (Wildman–Crippen LogP) is 10.3. The number of allylic oxidation sites excluding steroid dienone is 1. The van der Waals surface area contributed by atoms with Crippen molar-refractivity contribution in [2.45, 2.75) is 102 Å². The molecule has 0 spiro atoms. The van der Waals surface area contributed by atoms with Gasteiger partial charge in [-0.15, -0.1) is 6.58 Å². The van der Waals surface area contributed by atoms with E-state index in [1.165, 1.54) is 0 Å². The molecule has 2 heterocycles. The van der Waals surface area contributed by atoms with Crippen molar-refractivity contribution in [3.05, 3.63) is 126 Å². The van der Waals surface area contributed by atoms with Crippen LogP contribution in [0.1, 0.15) is 98.5 Å². The highest BCUT2D eigenvalue weighted by atomic mass is 16.8. The van der Waals surface area contributed by atoms with Crippen LogP contribution < -0.4 is 9.47 Å². The molecule has 2 N–H and O–H groups in total. The van der Waals surface area contributed by atoms with E-state index in [1.54, 1.807) is 36.1 Å². The minimum Gasteiger partial charge on any atom is -0.459 e. The van der Waals surface area contributed by atoms with Gasteiger partial charge in [-0.1, -0.05) is 84.7 Å². The fraction of sp³-hybridized carbons (Fsp3) is 0.453. The molecular weight excluding hydrogens is 825 g/mol. The molecule has 2 aliphatic heterocycles. The number of rotatable bonds is 20. The molecule has 65 heavy (non-hydrogen) atoms. The third-order valence-corrected chi connectivity index (χ3v) is 13.4. The molecule has 0 radical (unpaired) electrons. The standard InChI is InChI=1S/C53H62N2O10/c1-3-28-62-53-48(55(52(59)60-4-2)34-39-19-14-18-37-16-5-6-21-42(37)39)33-46(54-65-49-23-9-12-29-61-49)44-31-38(17-7-10-26-56)43(22-8-11-27-57)50(51(44)53)45-32-41(24-25-47(45)64-53)63-40-20-13-15-36(30-40)35-58/h3,5-6,13-16,18-21,24-25,30-32,35,38,43,48-51,56-57H,1,4,7-12,17,22-23,26-29,33-34H2,2H3. The highest BCUT2D eigenvalue weighted by Gasteiger charge is 2.66. The summed E-state index contributed by atoms with van der Waals surface area (Å²) in [5.74, 6) is -0.555. The topological polar surface area (TPSA) is 146 Å². The molecule has 4 aliphatic rings. The lowest BCUT2D eigenvalue weighted by molar-refractivity contribution is -0.256. The van der Waals surface area contributed by atoms with Gasteiger partial charge in [0.05, 0.1) is 38.0 Å². The second-order valence-corrected chi connectivity index (χ2v) is 17.4. The summed E-state index contributed by atoms with van der Waals surface area (Å²) in [6.45, 7) is 7.09. The van der Waals surface area contributed by atoms with E-state index in [-0.39, 0.29) is 57.1 Å². The van der Waals surface area contributed by atoms with E-state index >= 15 is 0 Å². The van der Waals surface area contributed by atoms with Crippen LogP contribution in [0.4, 0.5) is 4.79 Å². The number of oxime groups is 1. The summed E-state index contributed by atoms with van der Waals surface area (Å²) in [6.07, 6.45) is 11.1. The summed E-state index contributed by atoms with van der Waals surface area (Å²) >= 11 is 0. The summed E-state index contributed by atoms with van der Waals surface area (Å²) in [7, 11) is 0. The van der Waals surface area contributed by atoms with Gasteiger partial charge in [0.15, 0.2) is 0 Å². The molecule has 7 unspecified atom stereocenters. The largest absolute Gasteiger partial charge is 0.459 e. The average molecular weight is 887 g/mol. The molecule has 4 aromatic rings. The second-order valence-electron chi connectivity index (χ2n) is 17.4. The fourth-order valence-corrected chi connectivity index (χ4v) is 10.5. The Balaban J connectivity index is 1.35. The molecule has 1 saturated heterocycles. The smallest absolute Gasteiger partial charge is 0.410 e. The summed E-state index contributed by atoms with van der Waals surface area (Å²) in [4.78, 5) is 34.6. The molecule has 2 fully saturated rings. The Hall–Kier alpha value is -5.53. The van der Waals surface area contributed by atoms with Gasteiger partial charge in [0.1, 0.15) is 29.6 Å². The Bertz CT molecular complexity index is 2330. The van der Waals surface area contributed by atoms with Crippen LogP contribution >= 0.6 is 0 Å². The van der Waals surface area contributed by atoms with Gasteiger partial charge in [0.25, 0.3) is 0 Å². The zero-order chi connectivity index (χ0) is 45.2. The zero-order valence-electron chi connectivity index (χ0n) is 37.4. The number of aliphatic hydroxyl groups is 2. The normalized spacial score (nSPS) is 25.1. The molecule has 0 aromatic heterocycles. The molecule has 8 rings (SSSR count). The quantitative estimate of drug-likeness (QED) is 0.0381. The van der Waals surface area contributed by atoms with Crippen LogP contribution in [0.2, 0.25) is 0 Å². The number of unbranched alkanes of at least 4 members (excludes halogenated alkanes) is 2. The van der Waals surface area contributed by atoms with Gasteiger partial charge in [0, 0.05) is 43.1 Å². The number of carbonyl (C=O) groups excluding carboxylic acids is 2.